The first kappa shape index (κ1) is 11.6. The number of benzene rings is 2. The van der Waals surface area contributed by atoms with E-state index in [9.17, 15) is 0 Å². The molecule has 2 aromatic carbocycles. The highest BCUT2D eigenvalue weighted by Gasteiger charge is 2.02. The monoisotopic (exact) mass is 293 g/mol. The minimum absolute atomic E-state index is 0.806. The predicted molar refractivity (Wildman–Crippen MR) is 73.9 cm³/mol. The van der Waals surface area contributed by atoms with Crippen molar-refractivity contribution in [3.8, 4) is 0 Å². The summed E-state index contributed by atoms with van der Waals surface area (Å²) in [5.74, 6) is 0. The second kappa shape index (κ2) is 4.93. The molecule has 0 amide bonds. The van der Waals surface area contributed by atoms with Crippen molar-refractivity contribution in [2.75, 3.05) is 5.73 Å². The zero-order valence-corrected chi connectivity index (χ0v) is 11.3. The molecule has 0 atom stereocenters. The summed E-state index contributed by atoms with van der Waals surface area (Å²) in [5, 5.41) is 0. The summed E-state index contributed by atoms with van der Waals surface area (Å²) in [6.45, 7) is 2.09. The molecule has 0 saturated heterocycles. The number of hydrogen-bond acceptors (Lipinski definition) is 2. The van der Waals surface area contributed by atoms with Gasteiger partial charge < -0.3 is 5.73 Å². The van der Waals surface area contributed by atoms with Crippen molar-refractivity contribution in [1.82, 2.24) is 0 Å². The molecule has 0 aliphatic heterocycles. The fraction of sp³-hybridized carbons (Fsp3) is 0.0769. The third-order valence-corrected chi connectivity index (χ3v) is 3.81. The Morgan fingerprint density at radius 3 is 2.38 bits per heavy atom. The average molecular weight is 294 g/mol. The highest BCUT2D eigenvalue weighted by atomic mass is 79.9. The van der Waals surface area contributed by atoms with Gasteiger partial charge in [-0.25, -0.2) is 0 Å². The van der Waals surface area contributed by atoms with Gasteiger partial charge in [0.25, 0.3) is 0 Å². The maximum atomic E-state index is 5.95. The van der Waals surface area contributed by atoms with Crippen molar-refractivity contribution in [2.45, 2.75) is 16.7 Å². The van der Waals surface area contributed by atoms with Crippen LogP contribution in [0.3, 0.4) is 0 Å². The second-order valence-corrected chi connectivity index (χ2v) is 5.63. The van der Waals surface area contributed by atoms with Gasteiger partial charge in [0, 0.05) is 20.0 Å². The largest absolute Gasteiger partial charge is 0.398 e. The van der Waals surface area contributed by atoms with Crippen LogP contribution in [0.25, 0.3) is 0 Å². The molecule has 0 fully saturated rings. The zero-order valence-electron chi connectivity index (χ0n) is 8.91. The molecule has 0 saturated carbocycles. The molecule has 16 heavy (non-hydrogen) atoms. The van der Waals surface area contributed by atoms with E-state index < -0.39 is 0 Å². The van der Waals surface area contributed by atoms with Crippen LogP contribution in [0.2, 0.25) is 0 Å². The van der Waals surface area contributed by atoms with Gasteiger partial charge in [0.1, 0.15) is 0 Å². The normalized spacial score (nSPS) is 10.4. The lowest BCUT2D eigenvalue weighted by Crippen LogP contribution is -1.87. The predicted octanol–water partition coefficient (Wildman–Crippen LogP) is 4.49. The molecule has 82 valence electrons. The molecule has 0 unspecified atom stereocenters. The minimum atomic E-state index is 0.806. The lowest BCUT2D eigenvalue weighted by Gasteiger charge is -2.06. The third kappa shape index (κ3) is 2.80. The summed E-state index contributed by atoms with van der Waals surface area (Å²) in [6.07, 6.45) is 0. The van der Waals surface area contributed by atoms with Gasteiger partial charge in [0.2, 0.25) is 0 Å². The first-order chi connectivity index (χ1) is 7.65. The van der Waals surface area contributed by atoms with Crippen LogP contribution < -0.4 is 5.73 Å². The summed E-state index contributed by atoms with van der Waals surface area (Å²) < 4.78 is 1.01. The van der Waals surface area contributed by atoms with Gasteiger partial charge in [0.15, 0.2) is 0 Å². The van der Waals surface area contributed by atoms with Crippen molar-refractivity contribution in [1.29, 1.82) is 0 Å². The minimum Gasteiger partial charge on any atom is -0.398 e. The highest BCUT2D eigenvalue weighted by molar-refractivity contribution is 9.10. The Bertz CT molecular complexity index is 494. The van der Waals surface area contributed by atoms with Crippen molar-refractivity contribution in [3.05, 3.63) is 52.5 Å². The Morgan fingerprint density at radius 1 is 1.06 bits per heavy atom. The van der Waals surface area contributed by atoms with Gasteiger partial charge in [-0.15, -0.1) is 0 Å². The van der Waals surface area contributed by atoms with Crippen LogP contribution in [0.4, 0.5) is 5.69 Å². The van der Waals surface area contributed by atoms with Crippen LogP contribution in [0.1, 0.15) is 5.56 Å². The maximum absolute atomic E-state index is 5.95. The standard InChI is InChI=1S/C13H12BrNS/c1-9-2-5-11(6-3-9)16-13-7-4-10(14)8-12(13)15/h2-8H,15H2,1H3. The number of rotatable bonds is 2. The van der Waals surface area contributed by atoms with Crippen LogP contribution in [-0.4, -0.2) is 0 Å². The average Bonchev–Trinajstić information content (AvgIpc) is 2.25. The Labute approximate surface area is 108 Å². The maximum Gasteiger partial charge on any atom is 0.0467 e. The molecule has 0 aromatic heterocycles. The Morgan fingerprint density at radius 2 is 1.75 bits per heavy atom. The summed E-state index contributed by atoms with van der Waals surface area (Å²) in [5.41, 5.74) is 8.03. The van der Waals surface area contributed by atoms with Gasteiger partial charge in [-0.05, 0) is 37.3 Å². The first-order valence-corrected chi connectivity index (χ1v) is 6.55. The SMILES string of the molecule is Cc1ccc(Sc2ccc(Br)cc2N)cc1. The van der Waals surface area contributed by atoms with Gasteiger partial charge in [0.05, 0.1) is 0 Å². The Kier molecular flexibility index (Phi) is 3.56. The van der Waals surface area contributed by atoms with E-state index in [2.05, 4.69) is 47.1 Å². The van der Waals surface area contributed by atoms with E-state index in [-0.39, 0.29) is 0 Å². The number of nitrogen functional groups attached to an aromatic ring is 1. The topological polar surface area (TPSA) is 26.0 Å². The molecular weight excluding hydrogens is 282 g/mol. The number of anilines is 1. The van der Waals surface area contributed by atoms with E-state index in [1.807, 2.05) is 18.2 Å². The summed E-state index contributed by atoms with van der Waals surface area (Å²) in [6, 6.07) is 14.4. The Balaban J connectivity index is 2.23. The lowest BCUT2D eigenvalue weighted by atomic mass is 10.2. The van der Waals surface area contributed by atoms with Crippen molar-refractivity contribution >= 4 is 33.4 Å². The van der Waals surface area contributed by atoms with Crippen LogP contribution in [0.15, 0.2) is 56.7 Å². The molecule has 1 nitrogen and oxygen atoms in total. The van der Waals surface area contributed by atoms with Gasteiger partial charge in [-0.2, -0.15) is 0 Å². The quantitative estimate of drug-likeness (QED) is 0.826. The number of aryl methyl sites for hydroxylation is 1. The molecule has 0 bridgehead atoms. The fourth-order valence-electron chi connectivity index (χ4n) is 1.35. The summed E-state index contributed by atoms with van der Waals surface area (Å²) >= 11 is 5.09. The van der Waals surface area contributed by atoms with Crippen molar-refractivity contribution < 1.29 is 0 Å². The smallest absolute Gasteiger partial charge is 0.0467 e. The molecule has 0 heterocycles. The highest BCUT2D eigenvalue weighted by Crippen LogP contribution is 2.33. The second-order valence-electron chi connectivity index (χ2n) is 3.60. The van der Waals surface area contributed by atoms with Gasteiger partial charge in [-0.1, -0.05) is 45.4 Å². The van der Waals surface area contributed by atoms with E-state index in [1.54, 1.807) is 11.8 Å². The molecule has 2 rings (SSSR count). The van der Waals surface area contributed by atoms with E-state index in [4.69, 9.17) is 5.73 Å². The van der Waals surface area contributed by atoms with Crippen LogP contribution in [0, 0.1) is 6.92 Å². The first-order valence-electron chi connectivity index (χ1n) is 4.95. The van der Waals surface area contributed by atoms with Gasteiger partial charge >= 0.3 is 0 Å². The third-order valence-electron chi connectivity index (χ3n) is 2.22. The molecule has 2 N–H and O–H groups in total. The molecule has 0 radical (unpaired) electrons. The summed E-state index contributed by atoms with van der Waals surface area (Å²) in [7, 11) is 0. The van der Waals surface area contributed by atoms with Crippen molar-refractivity contribution in [3.63, 3.8) is 0 Å². The van der Waals surface area contributed by atoms with Crippen LogP contribution in [-0.2, 0) is 0 Å². The fourth-order valence-corrected chi connectivity index (χ4v) is 2.56. The number of nitrogens with two attached hydrogens (primary N) is 1. The van der Waals surface area contributed by atoms with E-state index >= 15 is 0 Å². The van der Waals surface area contributed by atoms with E-state index in [1.165, 1.54) is 10.5 Å². The summed E-state index contributed by atoms with van der Waals surface area (Å²) in [4.78, 5) is 2.30. The number of halogens is 1. The van der Waals surface area contributed by atoms with Crippen molar-refractivity contribution in [2.24, 2.45) is 0 Å². The zero-order chi connectivity index (χ0) is 11.5. The van der Waals surface area contributed by atoms with Crippen LogP contribution >= 0.6 is 27.7 Å². The van der Waals surface area contributed by atoms with E-state index in [0.717, 1.165) is 15.1 Å². The molecule has 0 spiro atoms. The Hall–Kier alpha value is -0.930. The number of hydrogen-bond donors (Lipinski definition) is 1. The lowest BCUT2D eigenvalue weighted by molar-refractivity contribution is 1.36. The molecule has 0 aliphatic carbocycles. The molecular formula is C13H12BrNS. The molecule has 3 heteroatoms. The van der Waals surface area contributed by atoms with Gasteiger partial charge in [-0.3, -0.25) is 0 Å². The van der Waals surface area contributed by atoms with Crippen LogP contribution in [0.5, 0.6) is 0 Å². The van der Waals surface area contributed by atoms with E-state index in [0.29, 0.717) is 0 Å². The molecule has 0 aliphatic rings. The molecule has 2 aromatic rings.